The highest BCUT2D eigenvalue weighted by atomic mass is 16.4. The monoisotopic (exact) mass is 306 g/mol. The number of unbranched alkanes of at least 4 members (excludes halogenated alkanes) is 8. The minimum absolute atomic E-state index is 0.282. The van der Waals surface area contributed by atoms with E-state index in [0.29, 0.717) is 0 Å². The van der Waals surface area contributed by atoms with Crippen molar-refractivity contribution in [3.05, 3.63) is 36.5 Å². The molecule has 0 aromatic heterocycles. The fraction of sp³-hybridized carbons (Fsp3) is 0.650. The molecule has 0 rings (SSSR count). The van der Waals surface area contributed by atoms with E-state index in [0.717, 1.165) is 19.3 Å². The van der Waals surface area contributed by atoms with Gasteiger partial charge >= 0.3 is 5.97 Å². The SMILES string of the molecule is CC=CCCCCCC=CCCCCC=CCCCC(=O)O. The van der Waals surface area contributed by atoms with E-state index in [2.05, 4.69) is 43.4 Å². The summed E-state index contributed by atoms with van der Waals surface area (Å²) in [6.07, 6.45) is 26.4. The average molecular weight is 306 g/mol. The maximum Gasteiger partial charge on any atom is 0.303 e. The quantitative estimate of drug-likeness (QED) is 0.279. The summed E-state index contributed by atoms with van der Waals surface area (Å²) in [5.41, 5.74) is 0. The molecule has 1 N–H and O–H groups in total. The number of carbonyl (C=O) groups is 1. The zero-order valence-corrected chi connectivity index (χ0v) is 14.3. The van der Waals surface area contributed by atoms with Gasteiger partial charge in [-0.15, -0.1) is 0 Å². The van der Waals surface area contributed by atoms with E-state index in [1.807, 2.05) is 0 Å². The summed E-state index contributed by atoms with van der Waals surface area (Å²) in [7, 11) is 0. The van der Waals surface area contributed by atoms with Gasteiger partial charge in [0.05, 0.1) is 0 Å². The second-order valence-corrected chi connectivity index (χ2v) is 5.72. The topological polar surface area (TPSA) is 37.3 Å². The van der Waals surface area contributed by atoms with E-state index in [-0.39, 0.29) is 6.42 Å². The van der Waals surface area contributed by atoms with Crippen molar-refractivity contribution in [2.45, 2.75) is 84.0 Å². The van der Waals surface area contributed by atoms with Gasteiger partial charge in [-0.2, -0.15) is 0 Å². The lowest BCUT2D eigenvalue weighted by Crippen LogP contribution is -1.92. The van der Waals surface area contributed by atoms with Crippen LogP contribution in [0, 0.1) is 0 Å². The Hall–Kier alpha value is -1.31. The highest BCUT2D eigenvalue weighted by Gasteiger charge is 1.93. The zero-order valence-electron chi connectivity index (χ0n) is 14.3. The molecule has 2 nitrogen and oxygen atoms in total. The molecule has 0 bridgehead atoms. The molecule has 0 saturated heterocycles. The van der Waals surface area contributed by atoms with E-state index in [1.165, 1.54) is 51.4 Å². The molecule has 0 fully saturated rings. The summed E-state index contributed by atoms with van der Waals surface area (Å²) < 4.78 is 0. The zero-order chi connectivity index (χ0) is 16.3. The summed E-state index contributed by atoms with van der Waals surface area (Å²) in [5, 5.41) is 8.51. The minimum Gasteiger partial charge on any atom is -0.481 e. The molecule has 0 spiro atoms. The summed E-state index contributed by atoms with van der Waals surface area (Å²) in [4.78, 5) is 10.3. The van der Waals surface area contributed by atoms with Gasteiger partial charge in [0.2, 0.25) is 0 Å². The van der Waals surface area contributed by atoms with E-state index in [9.17, 15) is 4.79 Å². The molecule has 0 aromatic rings. The van der Waals surface area contributed by atoms with Gasteiger partial charge in [0.1, 0.15) is 0 Å². The van der Waals surface area contributed by atoms with E-state index >= 15 is 0 Å². The molecule has 0 atom stereocenters. The van der Waals surface area contributed by atoms with Gasteiger partial charge in [0.15, 0.2) is 0 Å². The molecule has 126 valence electrons. The Morgan fingerprint density at radius 1 is 0.682 bits per heavy atom. The van der Waals surface area contributed by atoms with Crippen LogP contribution in [0.5, 0.6) is 0 Å². The number of carboxylic acid groups (broad SMARTS) is 1. The Bertz CT molecular complexity index is 327. The Balaban J connectivity index is 3.20. The van der Waals surface area contributed by atoms with E-state index < -0.39 is 5.97 Å². The lowest BCUT2D eigenvalue weighted by molar-refractivity contribution is -0.137. The van der Waals surface area contributed by atoms with Crippen molar-refractivity contribution >= 4 is 5.97 Å². The van der Waals surface area contributed by atoms with Crippen molar-refractivity contribution < 1.29 is 9.90 Å². The Labute approximate surface area is 137 Å². The summed E-state index contributed by atoms with van der Waals surface area (Å²) in [6, 6.07) is 0. The molecule has 0 unspecified atom stereocenters. The van der Waals surface area contributed by atoms with Crippen molar-refractivity contribution in [2.24, 2.45) is 0 Å². The highest BCUT2D eigenvalue weighted by molar-refractivity contribution is 5.66. The maximum absolute atomic E-state index is 10.3. The first kappa shape index (κ1) is 20.7. The van der Waals surface area contributed by atoms with Gasteiger partial charge in [-0.3, -0.25) is 4.79 Å². The molecule has 0 aliphatic carbocycles. The fourth-order valence-corrected chi connectivity index (χ4v) is 2.23. The molecule has 0 amide bonds. The van der Waals surface area contributed by atoms with Gasteiger partial charge in [0.25, 0.3) is 0 Å². The second kappa shape index (κ2) is 17.7. The molecule has 0 heterocycles. The van der Waals surface area contributed by atoms with Gasteiger partial charge in [0, 0.05) is 6.42 Å². The standard InChI is InChI=1S/C20H34O2/c1-2-3-4-5-6-7-8-9-10-11-12-13-14-15-16-17-18-19-20(21)22/h2-3,9-10,15-16H,4-8,11-14,17-19H2,1H3,(H,21,22). The number of carboxylic acids is 1. The summed E-state index contributed by atoms with van der Waals surface area (Å²) in [5.74, 6) is -0.696. The maximum atomic E-state index is 10.3. The largest absolute Gasteiger partial charge is 0.481 e. The summed E-state index contributed by atoms with van der Waals surface area (Å²) in [6.45, 7) is 2.08. The van der Waals surface area contributed by atoms with Gasteiger partial charge < -0.3 is 5.11 Å². The van der Waals surface area contributed by atoms with Crippen LogP contribution in [0.3, 0.4) is 0 Å². The van der Waals surface area contributed by atoms with Gasteiger partial charge in [-0.25, -0.2) is 0 Å². The predicted octanol–water partition coefficient (Wildman–Crippen LogP) is 6.44. The van der Waals surface area contributed by atoms with E-state index in [1.54, 1.807) is 0 Å². The Morgan fingerprint density at radius 3 is 1.55 bits per heavy atom. The van der Waals surface area contributed by atoms with Crippen LogP contribution in [-0.4, -0.2) is 11.1 Å². The van der Waals surface area contributed by atoms with Crippen molar-refractivity contribution in [1.29, 1.82) is 0 Å². The molecule has 0 aromatic carbocycles. The minimum atomic E-state index is -0.696. The molecule has 0 radical (unpaired) electrons. The van der Waals surface area contributed by atoms with Crippen LogP contribution < -0.4 is 0 Å². The normalized spacial score (nSPS) is 12.0. The number of hydrogen-bond donors (Lipinski definition) is 1. The molecule has 2 heteroatoms. The summed E-state index contributed by atoms with van der Waals surface area (Å²) >= 11 is 0. The number of aliphatic carboxylic acids is 1. The number of hydrogen-bond acceptors (Lipinski definition) is 1. The van der Waals surface area contributed by atoms with Crippen LogP contribution in [-0.2, 0) is 4.79 Å². The molecule has 0 saturated carbocycles. The van der Waals surface area contributed by atoms with Crippen molar-refractivity contribution in [3.8, 4) is 0 Å². The average Bonchev–Trinajstić information content (AvgIpc) is 2.50. The van der Waals surface area contributed by atoms with Gasteiger partial charge in [-0.05, 0) is 71.1 Å². The van der Waals surface area contributed by atoms with Gasteiger partial charge in [-0.1, -0.05) is 42.9 Å². The van der Waals surface area contributed by atoms with Crippen LogP contribution in [0.1, 0.15) is 84.0 Å². The predicted molar refractivity (Wildman–Crippen MR) is 96.1 cm³/mol. The Morgan fingerprint density at radius 2 is 1.09 bits per heavy atom. The van der Waals surface area contributed by atoms with Crippen molar-refractivity contribution in [1.82, 2.24) is 0 Å². The molecular formula is C20H34O2. The number of rotatable bonds is 15. The smallest absolute Gasteiger partial charge is 0.303 e. The molecule has 22 heavy (non-hydrogen) atoms. The second-order valence-electron chi connectivity index (χ2n) is 5.72. The lowest BCUT2D eigenvalue weighted by atomic mass is 10.1. The highest BCUT2D eigenvalue weighted by Crippen LogP contribution is 2.07. The van der Waals surface area contributed by atoms with Crippen molar-refractivity contribution in [2.75, 3.05) is 0 Å². The molecular weight excluding hydrogens is 272 g/mol. The first-order valence-corrected chi connectivity index (χ1v) is 8.90. The third kappa shape index (κ3) is 18.7. The van der Waals surface area contributed by atoms with E-state index in [4.69, 9.17) is 5.11 Å². The first-order valence-electron chi connectivity index (χ1n) is 8.90. The van der Waals surface area contributed by atoms with Crippen LogP contribution in [0.2, 0.25) is 0 Å². The number of allylic oxidation sites excluding steroid dienone is 6. The molecule has 0 aliphatic heterocycles. The third-order valence-corrected chi connectivity index (χ3v) is 3.56. The first-order chi connectivity index (χ1) is 10.8. The van der Waals surface area contributed by atoms with Crippen LogP contribution >= 0.6 is 0 Å². The van der Waals surface area contributed by atoms with Crippen molar-refractivity contribution in [3.63, 3.8) is 0 Å². The Kier molecular flexibility index (Phi) is 16.7. The van der Waals surface area contributed by atoms with Crippen LogP contribution in [0.15, 0.2) is 36.5 Å². The van der Waals surface area contributed by atoms with Crippen LogP contribution in [0.25, 0.3) is 0 Å². The molecule has 0 aliphatic rings. The lowest BCUT2D eigenvalue weighted by Gasteiger charge is -1.96. The van der Waals surface area contributed by atoms with Crippen LogP contribution in [0.4, 0.5) is 0 Å². The fourth-order valence-electron chi connectivity index (χ4n) is 2.23. The third-order valence-electron chi connectivity index (χ3n) is 3.56.